The van der Waals surface area contributed by atoms with E-state index in [0.29, 0.717) is 47.9 Å². The zero-order valence-electron chi connectivity index (χ0n) is 21.4. The van der Waals surface area contributed by atoms with Crippen LogP contribution >= 0.6 is 0 Å². The number of urea groups is 1. The molecule has 3 amide bonds. The van der Waals surface area contributed by atoms with Crippen LogP contribution in [0.4, 0.5) is 33.6 Å². The lowest BCUT2D eigenvalue weighted by Crippen LogP contribution is -2.90. The van der Waals surface area contributed by atoms with Crippen LogP contribution in [-0.2, 0) is 16.1 Å². The van der Waals surface area contributed by atoms with E-state index in [1.807, 2.05) is 41.8 Å². The van der Waals surface area contributed by atoms with E-state index in [0.717, 1.165) is 11.3 Å². The number of rotatable bonds is 9. The van der Waals surface area contributed by atoms with Crippen LogP contribution in [0.1, 0.15) is 12.5 Å². The number of ether oxygens (including phenoxy) is 1. The second-order valence-corrected chi connectivity index (χ2v) is 9.15. The number of nitrogens with two attached hydrogens (primary N) is 1. The van der Waals surface area contributed by atoms with Gasteiger partial charge in [0, 0.05) is 23.1 Å². The van der Waals surface area contributed by atoms with E-state index < -0.39 is 0 Å². The molecule has 0 bridgehead atoms. The van der Waals surface area contributed by atoms with E-state index in [-0.39, 0.29) is 24.4 Å². The average molecular weight is 526 g/mol. The molecule has 2 aliphatic heterocycles. The highest BCUT2D eigenvalue weighted by Crippen LogP contribution is 2.36. The van der Waals surface area contributed by atoms with Crippen LogP contribution in [-0.4, -0.2) is 46.9 Å². The highest BCUT2D eigenvalue weighted by molar-refractivity contribution is 6.10. The summed E-state index contributed by atoms with van der Waals surface area (Å²) >= 11 is 0. The number of carbonyl (C=O) groups is 2. The Morgan fingerprint density at radius 1 is 1.15 bits per heavy atom. The van der Waals surface area contributed by atoms with Gasteiger partial charge in [0.25, 0.3) is 0 Å². The van der Waals surface area contributed by atoms with Crippen molar-refractivity contribution in [1.29, 1.82) is 5.41 Å². The molecule has 1 fully saturated rings. The third kappa shape index (κ3) is 5.69. The Kier molecular flexibility index (Phi) is 7.43. The molecule has 198 valence electrons. The minimum Gasteiger partial charge on any atom is -0.369 e. The topological polar surface area (TPSA) is 140 Å². The molecule has 3 aromatic rings. The number of nitrogens with zero attached hydrogens (tertiary/aromatic N) is 4. The number of nitrogens with one attached hydrogen (secondary N) is 3. The molecule has 0 radical (unpaired) electrons. The average Bonchev–Trinajstić information content (AvgIpc) is 2.91. The summed E-state index contributed by atoms with van der Waals surface area (Å²) in [7, 11) is 0. The zero-order valence-corrected chi connectivity index (χ0v) is 21.4. The van der Waals surface area contributed by atoms with Crippen molar-refractivity contribution in [2.75, 3.05) is 33.6 Å². The quantitative estimate of drug-likeness (QED) is 0.250. The van der Waals surface area contributed by atoms with Gasteiger partial charge in [0.15, 0.2) is 5.82 Å². The van der Waals surface area contributed by atoms with E-state index in [2.05, 4.69) is 22.2 Å². The summed E-state index contributed by atoms with van der Waals surface area (Å²) in [5.41, 5.74) is 3.37. The molecule has 1 saturated heterocycles. The van der Waals surface area contributed by atoms with Crippen LogP contribution < -0.4 is 25.8 Å². The number of quaternary nitrogens is 1. The second kappa shape index (κ2) is 11.3. The standard InChI is InChI=1S/C28H28N8O3/c1-3-25(37)32-20-8-7-11-23(12-20)36-26-19(15-35(28(36)38)22-9-5-4-6-10-22)13-31-27(34-26)33-24(18(2)29)14-30-21-16-39-17-21/h3-14,21,29-30H,1,15-17H2,2H3,(H,32,37)(H,31,33,34)/p+1/b24-14+,29-18?. The van der Waals surface area contributed by atoms with Crippen molar-refractivity contribution in [2.24, 2.45) is 0 Å². The first-order valence-corrected chi connectivity index (χ1v) is 12.4. The monoisotopic (exact) mass is 525 g/mol. The molecule has 5 N–H and O–H groups in total. The number of carbonyl (C=O) groups excluding carboxylic acids is 2. The lowest BCUT2D eigenvalue weighted by molar-refractivity contribution is -0.649. The molecule has 1 aromatic heterocycles. The number of aromatic nitrogens is 2. The van der Waals surface area contributed by atoms with E-state index in [4.69, 9.17) is 15.1 Å². The van der Waals surface area contributed by atoms with Crippen LogP contribution in [0.25, 0.3) is 0 Å². The van der Waals surface area contributed by atoms with E-state index in [1.165, 1.54) is 11.0 Å². The maximum Gasteiger partial charge on any atom is 0.335 e. The van der Waals surface area contributed by atoms with Crippen LogP contribution in [0, 0.1) is 5.41 Å². The van der Waals surface area contributed by atoms with Crippen LogP contribution in [0.2, 0.25) is 0 Å². The van der Waals surface area contributed by atoms with Gasteiger partial charge in [0.2, 0.25) is 11.9 Å². The molecule has 0 atom stereocenters. The Bertz CT molecular complexity index is 1450. The van der Waals surface area contributed by atoms with Gasteiger partial charge < -0.3 is 26.1 Å². The first-order valence-electron chi connectivity index (χ1n) is 12.4. The minimum absolute atomic E-state index is 0.256. The SMILES string of the molecule is C=CC(=O)Nc1cccc(N2C(=O)N(c3ccccc3)Cc3cnc(N/C(=C/[NH2+]C4COC4)C(C)=N)nc32)c1. The lowest BCUT2D eigenvalue weighted by Gasteiger charge is -2.36. The third-order valence-electron chi connectivity index (χ3n) is 6.28. The maximum absolute atomic E-state index is 13.9. The van der Waals surface area contributed by atoms with Crippen molar-refractivity contribution in [3.05, 3.63) is 90.9 Å². The van der Waals surface area contributed by atoms with Crippen molar-refractivity contribution in [3.8, 4) is 0 Å². The highest BCUT2D eigenvalue weighted by Gasteiger charge is 2.34. The number of amides is 3. The summed E-state index contributed by atoms with van der Waals surface area (Å²) in [4.78, 5) is 38.2. The van der Waals surface area contributed by atoms with Crippen LogP contribution in [0.3, 0.4) is 0 Å². The molecule has 3 heterocycles. The van der Waals surface area contributed by atoms with Crippen LogP contribution in [0.5, 0.6) is 0 Å². The Hall–Kier alpha value is -4.87. The number of allylic oxidation sites excluding steroid dienone is 1. The smallest absolute Gasteiger partial charge is 0.335 e. The van der Waals surface area contributed by atoms with E-state index >= 15 is 0 Å². The molecule has 0 unspecified atom stereocenters. The van der Waals surface area contributed by atoms with Gasteiger partial charge in [0.1, 0.15) is 31.2 Å². The molecule has 39 heavy (non-hydrogen) atoms. The Labute approximate surface area is 225 Å². The minimum atomic E-state index is -0.358. The summed E-state index contributed by atoms with van der Waals surface area (Å²) in [6.45, 7) is 6.78. The molecule has 0 saturated carbocycles. The second-order valence-electron chi connectivity index (χ2n) is 9.15. The first kappa shape index (κ1) is 25.8. The van der Waals surface area contributed by atoms with Gasteiger partial charge in [-0.1, -0.05) is 30.8 Å². The van der Waals surface area contributed by atoms with Gasteiger partial charge in [-0.05, 0) is 43.3 Å². The number of hydrogen-bond acceptors (Lipinski definition) is 7. The Balaban J connectivity index is 1.53. The summed E-state index contributed by atoms with van der Waals surface area (Å²) in [5.74, 6) is 0.311. The van der Waals surface area contributed by atoms with E-state index in [1.54, 1.807) is 42.3 Å². The number of fused-ring (bicyclic) bond motifs is 1. The highest BCUT2D eigenvalue weighted by atomic mass is 16.5. The van der Waals surface area contributed by atoms with Gasteiger partial charge in [-0.2, -0.15) is 4.98 Å². The predicted molar refractivity (Wildman–Crippen MR) is 149 cm³/mol. The van der Waals surface area contributed by atoms with Gasteiger partial charge in [0.05, 0.1) is 17.9 Å². The summed E-state index contributed by atoms with van der Waals surface area (Å²) in [6, 6.07) is 16.3. The maximum atomic E-state index is 13.9. The predicted octanol–water partition coefficient (Wildman–Crippen LogP) is 3.13. The summed E-state index contributed by atoms with van der Waals surface area (Å²) in [5, 5.41) is 16.0. The molecule has 0 spiro atoms. The van der Waals surface area contributed by atoms with Gasteiger partial charge in [-0.25, -0.2) is 14.7 Å². The first-order chi connectivity index (χ1) is 18.9. The fourth-order valence-electron chi connectivity index (χ4n) is 4.15. The number of hydrogen-bond donors (Lipinski definition) is 4. The van der Waals surface area contributed by atoms with Gasteiger partial charge >= 0.3 is 6.03 Å². The van der Waals surface area contributed by atoms with E-state index in [9.17, 15) is 9.59 Å². The molecular formula is C28H29N8O3+. The number of anilines is 5. The molecule has 2 aromatic carbocycles. The van der Waals surface area contributed by atoms with Crippen molar-refractivity contribution in [3.63, 3.8) is 0 Å². The Morgan fingerprint density at radius 2 is 1.92 bits per heavy atom. The molecule has 0 aliphatic carbocycles. The fourth-order valence-corrected chi connectivity index (χ4v) is 4.15. The van der Waals surface area contributed by atoms with Crippen molar-refractivity contribution < 1.29 is 19.6 Å². The molecule has 11 nitrogen and oxygen atoms in total. The molecule has 2 aliphatic rings. The lowest BCUT2D eigenvalue weighted by atomic mass is 10.1. The van der Waals surface area contributed by atoms with Gasteiger partial charge in [-0.15, -0.1) is 0 Å². The van der Waals surface area contributed by atoms with Crippen molar-refractivity contribution in [2.45, 2.75) is 19.5 Å². The number of para-hydroxylation sites is 1. The van der Waals surface area contributed by atoms with Crippen molar-refractivity contribution >= 4 is 46.5 Å². The molecule has 5 rings (SSSR count). The largest absolute Gasteiger partial charge is 0.369 e. The molecule has 11 heteroatoms. The zero-order chi connectivity index (χ0) is 27.4. The number of benzene rings is 2. The van der Waals surface area contributed by atoms with Gasteiger partial charge in [-0.3, -0.25) is 9.69 Å². The normalized spacial score (nSPS) is 15.3. The summed E-state index contributed by atoms with van der Waals surface area (Å²) in [6.07, 6.45) is 4.70. The third-order valence-corrected chi connectivity index (χ3v) is 6.28. The van der Waals surface area contributed by atoms with Crippen molar-refractivity contribution in [1.82, 2.24) is 9.97 Å². The molecular weight excluding hydrogens is 496 g/mol. The summed E-state index contributed by atoms with van der Waals surface area (Å²) < 4.78 is 5.22. The fraction of sp³-hybridized carbons (Fsp3) is 0.179. The van der Waals surface area contributed by atoms with Crippen LogP contribution in [0.15, 0.2) is 85.3 Å². The Morgan fingerprint density at radius 3 is 2.62 bits per heavy atom.